The van der Waals surface area contributed by atoms with Gasteiger partial charge in [-0.15, -0.1) is 12.4 Å². The van der Waals surface area contributed by atoms with Crippen LogP contribution in [0.1, 0.15) is 24.0 Å². The first-order valence-electron chi connectivity index (χ1n) is 6.21. The first kappa shape index (κ1) is 15.0. The Morgan fingerprint density at radius 1 is 1.39 bits per heavy atom. The summed E-state index contributed by atoms with van der Waals surface area (Å²) in [6.45, 7) is 3.73. The molecular weight excluding hydrogens is 248 g/mol. The van der Waals surface area contributed by atoms with Gasteiger partial charge >= 0.3 is 0 Å². The van der Waals surface area contributed by atoms with E-state index in [0.29, 0.717) is 6.54 Å². The molecule has 1 aromatic carbocycles. The molecule has 4 heteroatoms. The molecule has 0 aromatic heterocycles. The van der Waals surface area contributed by atoms with Gasteiger partial charge in [0.15, 0.2) is 0 Å². The van der Waals surface area contributed by atoms with Gasteiger partial charge in [0, 0.05) is 13.6 Å². The first-order chi connectivity index (χ1) is 8.16. The van der Waals surface area contributed by atoms with Crippen LogP contribution in [0.15, 0.2) is 24.3 Å². The van der Waals surface area contributed by atoms with Crippen LogP contribution in [0.3, 0.4) is 0 Å². The van der Waals surface area contributed by atoms with E-state index in [1.54, 1.807) is 0 Å². The van der Waals surface area contributed by atoms with Crippen molar-refractivity contribution in [2.45, 2.75) is 32.4 Å². The van der Waals surface area contributed by atoms with Crippen LogP contribution in [0.4, 0.5) is 0 Å². The number of nitrogens with one attached hydrogen (secondary N) is 1. The molecule has 1 heterocycles. The maximum atomic E-state index is 12.1. The van der Waals surface area contributed by atoms with Crippen molar-refractivity contribution in [3.8, 4) is 0 Å². The summed E-state index contributed by atoms with van der Waals surface area (Å²) in [6.07, 6.45) is 2.08. The van der Waals surface area contributed by atoms with E-state index in [1.807, 2.05) is 11.9 Å². The quantitative estimate of drug-likeness (QED) is 0.911. The van der Waals surface area contributed by atoms with Gasteiger partial charge in [-0.1, -0.05) is 29.8 Å². The second-order valence-electron chi connectivity index (χ2n) is 4.83. The molecule has 0 bridgehead atoms. The molecule has 1 aliphatic rings. The van der Waals surface area contributed by atoms with Crippen molar-refractivity contribution in [1.82, 2.24) is 10.2 Å². The first-order valence-corrected chi connectivity index (χ1v) is 6.21. The van der Waals surface area contributed by atoms with Crippen LogP contribution >= 0.6 is 12.4 Å². The predicted octanol–water partition coefficient (Wildman–Crippen LogP) is 2.13. The molecule has 0 spiro atoms. The van der Waals surface area contributed by atoms with Crippen LogP contribution in [0.2, 0.25) is 0 Å². The minimum Gasteiger partial charge on any atom is -0.340 e. The number of aryl methyl sites for hydroxylation is 1. The number of nitrogens with zero attached hydrogens (tertiary/aromatic N) is 1. The third kappa shape index (κ3) is 3.72. The monoisotopic (exact) mass is 268 g/mol. The number of hydrogen-bond donors (Lipinski definition) is 1. The van der Waals surface area contributed by atoms with Crippen molar-refractivity contribution in [1.29, 1.82) is 0 Å². The van der Waals surface area contributed by atoms with E-state index in [2.05, 4.69) is 36.5 Å². The van der Waals surface area contributed by atoms with Gasteiger partial charge < -0.3 is 10.2 Å². The highest BCUT2D eigenvalue weighted by atomic mass is 35.5. The SMILES string of the molecule is Cc1ccc(CN(C)C(=O)[C@@H]2CCCN2)cc1.Cl. The zero-order chi connectivity index (χ0) is 12.3. The number of amides is 1. The van der Waals surface area contributed by atoms with Gasteiger partial charge in [-0.25, -0.2) is 0 Å². The van der Waals surface area contributed by atoms with E-state index in [0.717, 1.165) is 19.4 Å². The molecule has 1 amide bonds. The smallest absolute Gasteiger partial charge is 0.239 e. The van der Waals surface area contributed by atoms with Crippen LogP contribution in [-0.2, 0) is 11.3 Å². The number of halogens is 1. The number of carbonyl (C=O) groups is 1. The fourth-order valence-electron chi connectivity index (χ4n) is 2.21. The Hall–Kier alpha value is -1.06. The molecule has 18 heavy (non-hydrogen) atoms. The maximum absolute atomic E-state index is 12.1. The molecule has 1 aromatic rings. The van der Waals surface area contributed by atoms with E-state index in [-0.39, 0.29) is 24.4 Å². The Balaban J connectivity index is 0.00000162. The molecule has 1 atom stereocenters. The summed E-state index contributed by atoms with van der Waals surface area (Å²) in [5, 5.41) is 3.24. The molecule has 100 valence electrons. The number of benzene rings is 1. The van der Waals surface area contributed by atoms with Gasteiger partial charge in [-0.3, -0.25) is 4.79 Å². The van der Waals surface area contributed by atoms with E-state index in [1.165, 1.54) is 11.1 Å². The van der Waals surface area contributed by atoms with Crippen LogP contribution in [0.25, 0.3) is 0 Å². The maximum Gasteiger partial charge on any atom is 0.239 e. The van der Waals surface area contributed by atoms with Crippen LogP contribution in [-0.4, -0.2) is 30.4 Å². The lowest BCUT2D eigenvalue weighted by molar-refractivity contribution is -0.132. The summed E-state index contributed by atoms with van der Waals surface area (Å²) >= 11 is 0. The zero-order valence-corrected chi connectivity index (χ0v) is 11.8. The average Bonchev–Trinajstić information content (AvgIpc) is 2.84. The normalized spacial score (nSPS) is 18.2. The predicted molar refractivity (Wildman–Crippen MR) is 75.9 cm³/mol. The minimum absolute atomic E-state index is 0. The van der Waals surface area contributed by atoms with Crippen LogP contribution in [0.5, 0.6) is 0 Å². The topological polar surface area (TPSA) is 32.3 Å². The van der Waals surface area contributed by atoms with Gasteiger partial charge in [0.05, 0.1) is 6.04 Å². The Labute approximate surface area is 115 Å². The minimum atomic E-state index is 0. The van der Waals surface area contributed by atoms with E-state index in [9.17, 15) is 4.79 Å². The van der Waals surface area contributed by atoms with Gasteiger partial charge in [0.2, 0.25) is 5.91 Å². The number of hydrogen-bond acceptors (Lipinski definition) is 2. The molecule has 1 aliphatic heterocycles. The third-order valence-electron chi connectivity index (χ3n) is 3.27. The molecule has 0 radical (unpaired) electrons. The van der Waals surface area contributed by atoms with Gasteiger partial charge in [-0.05, 0) is 31.9 Å². The Morgan fingerprint density at radius 2 is 2.06 bits per heavy atom. The van der Waals surface area contributed by atoms with Crippen LogP contribution < -0.4 is 5.32 Å². The molecule has 3 nitrogen and oxygen atoms in total. The molecule has 2 rings (SSSR count). The van der Waals surface area contributed by atoms with E-state index >= 15 is 0 Å². The highest BCUT2D eigenvalue weighted by Gasteiger charge is 2.24. The summed E-state index contributed by atoms with van der Waals surface area (Å²) in [5.74, 6) is 0.211. The Morgan fingerprint density at radius 3 is 2.61 bits per heavy atom. The molecule has 1 saturated heterocycles. The van der Waals surface area contributed by atoms with Crippen molar-refractivity contribution in [3.05, 3.63) is 35.4 Å². The second-order valence-corrected chi connectivity index (χ2v) is 4.83. The second kappa shape index (κ2) is 6.76. The summed E-state index contributed by atoms with van der Waals surface area (Å²) < 4.78 is 0. The van der Waals surface area contributed by atoms with E-state index < -0.39 is 0 Å². The fourth-order valence-corrected chi connectivity index (χ4v) is 2.21. The summed E-state index contributed by atoms with van der Waals surface area (Å²) in [4.78, 5) is 13.9. The van der Waals surface area contributed by atoms with Crippen molar-refractivity contribution < 1.29 is 4.79 Å². The van der Waals surface area contributed by atoms with Crippen molar-refractivity contribution in [2.24, 2.45) is 0 Å². The van der Waals surface area contributed by atoms with Gasteiger partial charge in [0.1, 0.15) is 0 Å². The van der Waals surface area contributed by atoms with E-state index in [4.69, 9.17) is 0 Å². The Bertz CT molecular complexity index is 385. The highest BCUT2D eigenvalue weighted by Crippen LogP contribution is 2.11. The lowest BCUT2D eigenvalue weighted by Crippen LogP contribution is -2.41. The molecule has 1 fully saturated rings. The van der Waals surface area contributed by atoms with Gasteiger partial charge in [0.25, 0.3) is 0 Å². The fraction of sp³-hybridized carbons (Fsp3) is 0.500. The number of rotatable bonds is 3. The van der Waals surface area contributed by atoms with Crippen LogP contribution in [0, 0.1) is 6.92 Å². The molecule has 0 aliphatic carbocycles. The highest BCUT2D eigenvalue weighted by molar-refractivity contribution is 5.85. The molecular formula is C14H21ClN2O. The molecule has 0 unspecified atom stereocenters. The van der Waals surface area contributed by atoms with Crippen molar-refractivity contribution in [3.63, 3.8) is 0 Å². The standard InChI is InChI=1S/C14H20N2O.ClH/c1-11-5-7-12(8-6-11)10-16(2)14(17)13-4-3-9-15-13;/h5-8,13,15H,3-4,9-10H2,1-2H3;1H/t13-;/m0./s1. The van der Waals surface area contributed by atoms with Gasteiger partial charge in [-0.2, -0.15) is 0 Å². The molecule has 1 N–H and O–H groups in total. The lowest BCUT2D eigenvalue weighted by Gasteiger charge is -2.21. The number of carbonyl (C=O) groups excluding carboxylic acids is 1. The zero-order valence-electron chi connectivity index (χ0n) is 11.0. The summed E-state index contributed by atoms with van der Waals surface area (Å²) in [5.41, 5.74) is 2.43. The lowest BCUT2D eigenvalue weighted by atomic mass is 10.1. The van der Waals surface area contributed by atoms with Crippen molar-refractivity contribution in [2.75, 3.05) is 13.6 Å². The third-order valence-corrected chi connectivity index (χ3v) is 3.27. The Kier molecular flexibility index (Phi) is 5.63. The molecule has 0 saturated carbocycles. The average molecular weight is 269 g/mol. The van der Waals surface area contributed by atoms with Crippen molar-refractivity contribution >= 4 is 18.3 Å². The summed E-state index contributed by atoms with van der Waals surface area (Å²) in [6, 6.07) is 8.37. The largest absolute Gasteiger partial charge is 0.340 e. The summed E-state index contributed by atoms with van der Waals surface area (Å²) in [7, 11) is 1.88. The number of likely N-dealkylation sites (N-methyl/N-ethyl adjacent to an activating group) is 1.